The van der Waals surface area contributed by atoms with Gasteiger partial charge in [0.2, 0.25) is 0 Å². The van der Waals surface area contributed by atoms with E-state index in [0.717, 1.165) is 36.9 Å². The number of anilines is 1. The largest absolute Gasteiger partial charge is 0.484 e. The lowest BCUT2D eigenvalue weighted by Crippen LogP contribution is -2.43. The molecule has 0 radical (unpaired) electrons. The van der Waals surface area contributed by atoms with E-state index in [1.165, 1.54) is 0 Å². The molecule has 1 heterocycles. The highest BCUT2D eigenvalue weighted by Crippen LogP contribution is 2.50. The maximum absolute atomic E-state index is 13.9. The number of unbranched alkanes of at least 4 members (excludes halogenated alkanes) is 2. The molecule has 0 aromatic heterocycles. The van der Waals surface area contributed by atoms with Crippen LogP contribution in [0.25, 0.3) is 0 Å². The minimum Gasteiger partial charge on any atom is -0.484 e. The number of ether oxygens (including phenoxy) is 1. The van der Waals surface area contributed by atoms with Gasteiger partial charge >= 0.3 is 5.97 Å². The van der Waals surface area contributed by atoms with Crippen molar-refractivity contribution in [3.05, 3.63) is 53.6 Å². The second-order valence-electron chi connectivity index (χ2n) is 10.9. The van der Waals surface area contributed by atoms with E-state index >= 15 is 0 Å². The summed E-state index contributed by atoms with van der Waals surface area (Å²) in [6.07, 6.45) is 3.72. The first-order chi connectivity index (χ1) is 18.9. The molecule has 3 N–H and O–H groups in total. The van der Waals surface area contributed by atoms with Crippen LogP contribution in [-0.2, 0) is 19.4 Å². The van der Waals surface area contributed by atoms with Crippen LogP contribution in [0.5, 0.6) is 5.75 Å². The molecule has 0 spiro atoms. The number of rotatable bonds is 13. The van der Waals surface area contributed by atoms with E-state index in [0.29, 0.717) is 24.2 Å². The molecule has 0 fully saturated rings. The van der Waals surface area contributed by atoms with Crippen molar-refractivity contribution in [1.29, 1.82) is 0 Å². The minimum absolute atomic E-state index is 0.0986. The van der Waals surface area contributed by atoms with Crippen molar-refractivity contribution in [2.75, 3.05) is 37.9 Å². The fourth-order valence-corrected chi connectivity index (χ4v) is 7.73. The Hall–Kier alpha value is -3.11. The van der Waals surface area contributed by atoms with Crippen LogP contribution in [0.1, 0.15) is 69.4 Å². The molecule has 10 heteroatoms. The summed E-state index contributed by atoms with van der Waals surface area (Å²) in [6, 6.07) is 12.3. The van der Waals surface area contributed by atoms with E-state index in [4.69, 9.17) is 9.84 Å². The number of carboxylic acids is 1. The number of benzene rings is 2. The number of nitrogens with one attached hydrogen (secondary N) is 1. The molecule has 2 atom stereocenters. The van der Waals surface area contributed by atoms with Gasteiger partial charge < -0.3 is 25.2 Å². The normalized spacial score (nSPS) is 19.2. The number of aliphatic hydroxyl groups is 1. The highest BCUT2D eigenvalue weighted by Gasteiger charge is 2.49. The van der Waals surface area contributed by atoms with Crippen LogP contribution in [0.2, 0.25) is 0 Å². The zero-order chi connectivity index (χ0) is 29.5. The van der Waals surface area contributed by atoms with Gasteiger partial charge in [0.05, 0.1) is 16.8 Å². The third-order valence-corrected chi connectivity index (χ3v) is 9.70. The zero-order valence-electron chi connectivity index (χ0n) is 23.9. The van der Waals surface area contributed by atoms with E-state index in [1.54, 1.807) is 36.4 Å². The molecule has 1 amide bonds. The van der Waals surface area contributed by atoms with Crippen molar-refractivity contribution < 1.29 is 33.0 Å². The van der Waals surface area contributed by atoms with Crippen LogP contribution in [0, 0.1) is 5.41 Å². The van der Waals surface area contributed by atoms with Crippen molar-refractivity contribution in [3.8, 4) is 5.75 Å². The molecule has 40 heavy (non-hydrogen) atoms. The van der Waals surface area contributed by atoms with E-state index in [1.807, 2.05) is 25.1 Å². The Bertz CT molecular complexity index is 1270. The quantitative estimate of drug-likeness (QED) is 0.327. The minimum atomic E-state index is -3.69. The number of fused-ring (bicyclic) bond motifs is 1. The number of carboxylic acid groups (broad SMARTS) is 1. The van der Waals surface area contributed by atoms with Crippen LogP contribution in [-0.4, -0.2) is 69.6 Å². The average Bonchev–Trinajstić information content (AvgIpc) is 2.99. The molecule has 3 rings (SSSR count). The maximum atomic E-state index is 13.9. The van der Waals surface area contributed by atoms with Gasteiger partial charge in [0.1, 0.15) is 12.3 Å². The fourth-order valence-electron chi connectivity index (χ4n) is 5.54. The molecule has 0 aliphatic carbocycles. The Morgan fingerprint density at radius 2 is 1.68 bits per heavy atom. The molecule has 0 saturated carbocycles. The molecule has 1 aliphatic heterocycles. The summed E-state index contributed by atoms with van der Waals surface area (Å²) in [5.74, 6) is -1.99. The molecule has 0 saturated heterocycles. The van der Waals surface area contributed by atoms with Gasteiger partial charge in [-0.05, 0) is 54.3 Å². The number of hydrogen-bond donors (Lipinski definition) is 3. The monoisotopic (exact) mass is 574 g/mol. The van der Waals surface area contributed by atoms with Gasteiger partial charge in [-0.25, -0.2) is 8.42 Å². The summed E-state index contributed by atoms with van der Waals surface area (Å²) in [5, 5.41) is 23.2. The summed E-state index contributed by atoms with van der Waals surface area (Å²) in [4.78, 5) is 24.7. The molecular formula is C30H42N2O7S. The second kappa shape index (κ2) is 13.5. The fraction of sp³-hybridized carbons (Fsp3) is 0.533. The molecule has 2 aromatic carbocycles. The van der Waals surface area contributed by atoms with Crippen LogP contribution in [0.15, 0.2) is 47.4 Å². The topological polar surface area (TPSA) is 133 Å². The highest BCUT2D eigenvalue weighted by atomic mass is 32.2. The standard InChI is InChI=1S/C30H42N2O7S/c1-5-7-15-30(16-8-6-2)20-40(37,38)25-14-11-22(32(3)4)17-24(25)28(29(30)36)21-9-12-23(13-10-21)39-19-26(33)31-18-27(34)35/h9-14,17,28-29,36H,5-8,15-16,18-20H2,1-4H3,(H,31,33)(H,34,35)/t28-,29?/m1/s1. The van der Waals surface area contributed by atoms with Gasteiger partial charge in [-0.1, -0.05) is 51.7 Å². The predicted molar refractivity (Wildman–Crippen MR) is 155 cm³/mol. The Labute approximate surface area is 237 Å². The molecule has 9 nitrogen and oxygen atoms in total. The Balaban J connectivity index is 2.07. The van der Waals surface area contributed by atoms with Crippen molar-refractivity contribution in [2.45, 2.75) is 69.3 Å². The number of sulfone groups is 1. The number of carbonyl (C=O) groups excluding carboxylic acids is 1. The van der Waals surface area contributed by atoms with Crippen LogP contribution in [0.3, 0.4) is 0 Å². The SMILES string of the molecule is CCCCC1(CCCC)CS(=O)(=O)c2ccc(N(C)C)cc2[C@@H](c2ccc(OCC(=O)NCC(=O)O)cc2)C1O. The van der Waals surface area contributed by atoms with Crippen LogP contribution < -0.4 is 15.0 Å². The molecule has 220 valence electrons. The predicted octanol–water partition coefficient (Wildman–Crippen LogP) is 3.98. The summed E-state index contributed by atoms with van der Waals surface area (Å²) < 4.78 is 33.4. The number of amides is 1. The van der Waals surface area contributed by atoms with E-state index in [9.17, 15) is 23.1 Å². The van der Waals surface area contributed by atoms with Gasteiger partial charge in [0.25, 0.3) is 5.91 Å². The van der Waals surface area contributed by atoms with Gasteiger partial charge in [-0.15, -0.1) is 0 Å². The molecule has 2 aromatic rings. The van der Waals surface area contributed by atoms with E-state index in [-0.39, 0.29) is 17.3 Å². The summed E-state index contributed by atoms with van der Waals surface area (Å²) in [7, 11) is 0.0949. The lowest BCUT2D eigenvalue weighted by molar-refractivity contribution is -0.138. The smallest absolute Gasteiger partial charge is 0.322 e. The van der Waals surface area contributed by atoms with Crippen LogP contribution in [0.4, 0.5) is 5.69 Å². The number of aliphatic hydroxyl groups excluding tert-OH is 1. The maximum Gasteiger partial charge on any atom is 0.322 e. The molecule has 1 aliphatic rings. The first-order valence-electron chi connectivity index (χ1n) is 13.9. The van der Waals surface area contributed by atoms with E-state index < -0.39 is 45.7 Å². The summed E-state index contributed by atoms with van der Waals surface area (Å²) >= 11 is 0. The number of carbonyl (C=O) groups is 2. The Kier molecular flexibility index (Phi) is 10.6. The highest BCUT2D eigenvalue weighted by molar-refractivity contribution is 7.91. The number of aliphatic carboxylic acids is 1. The summed E-state index contributed by atoms with van der Waals surface area (Å²) in [6.45, 7) is 3.31. The molecule has 1 unspecified atom stereocenters. The van der Waals surface area contributed by atoms with Crippen molar-refractivity contribution >= 4 is 27.4 Å². The van der Waals surface area contributed by atoms with E-state index in [2.05, 4.69) is 19.2 Å². The van der Waals surface area contributed by atoms with Crippen LogP contribution >= 0.6 is 0 Å². The van der Waals surface area contributed by atoms with Gasteiger partial charge in [0.15, 0.2) is 16.4 Å². The van der Waals surface area contributed by atoms with Gasteiger partial charge in [-0.3, -0.25) is 9.59 Å². The molecular weight excluding hydrogens is 532 g/mol. The Morgan fingerprint density at radius 3 is 2.23 bits per heavy atom. The first kappa shape index (κ1) is 31.4. The van der Waals surface area contributed by atoms with Gasteiger partial charge in [0, 0.05) is 31.1 Å². The second-order valence-corrected chi connectivity index (χ2v) is 12.9. The third-order valence-electron chi connectivity index (χ3n) is 7.70. The molecule has 0 bridgehead atoms. The van der Waals surface area contributed by atoms with Crippen molar-refractivity contribution in [1.82, 2.24) is 5.32 Å². The lowest BCUT2D eigenvalue weighted by atomic mass is 9.68. The summed E-state index contributed by atoms with van der Waals surface area (Å²) in [5.41, 5.74) is 1.37. The third kappa shape index (κ3) is 7.34. The van der Waals surface area contributed by atoms with Crippen molar-refractivity contribution in [2.24, 2.45) is 5.41 Å². The average molecular weight is 575 g/mol. The number of hydrogen-bond acceptors (Lipinski definition) is 7. The zero-order valence-corrected chi connectivity index (χ0v) is 24.7. The lowest BCUT2D eigenvalue weighted by Gasteiger charge is -2.40. The van der Waals surface area contributed by atoms with Crippen molar-refractivity contribution in [3.63, 3.8) is 0 Å². The Morgan fingerprint density at radius 1 is 1.05 bits per heavy atom. The number of nitrogens with zero attached hydrogens (tertiary/aromatic N) is 1. The first-order valence-corrected chi connectivity index (χ1v) is 15.5. The van der Waals surface area contributed by atoms with Gasteiger partial charge in [-0.2, -0.15) is 0 Å².